The summed E-state index contributed by atoms with van der Waals surface area (Å²) in [6, 6.07) is 17.1. The van der Waals surface area contributed by atoms with Gasteiger partial charge in [0, 0.05) is 22.9 Å². The molecule has 0 spiro atoms. The Kier molecular flexibility index (Phi) is 4.37. The molecule has 1 heterocycles. The van der Waals surface area contributed by atoms with Crippen molar-refractivity contribution in [3.8, 4) is 23.6 Å². The van der Waals surface area contributed by atoms with Crippen LogP contribution in [0.25, 0.3) is 11.3 Å². The normalized spacial score (nSPS) is 14.1. The summed E-state index contributed by atoms with van der Waals surface area (Å²) in [6.07, 6.45) is 9.03. The van der Waals surface area contributed by atoms with Crippen molar-refractivity contribution in [1.82, 2.24) is 10.3 Å². The quantitative estimate of drug-likeness (QED) is 0.684. The Balaban J connectivity index is 1.53. The predicted octanol–water partition coefficient (Wildman–Crippen LogP) is 4.04. The first kappa shape index (κ1) is 17.8. The van der Waals surface area contributed by atoms with E-state index in [2.05, 4.69) is 16.2 Å². The van der Waals surface area contributed by atoms with E-state index in [0.717, 1.165) is 40.8 Å². The highest BCUT2D eigenvalue weighted by molar-refractivity contribution is 5.95. The van der Waals surface area contributed by atoms with Crippen LogP contribution in [0.4, 0.5) is 5.69 Å². The molecule has 28 heavy (non-hydrogen) atoms. The molecule has 4 heteroatoms. The van der Waals surface area contributed by atoms with Crippen molar-refractivity contribution in [2.75, 3.05) is 5.73 Å². The van der Waals surface area contributed by atoms with Crippen LogP contribution in [0, 0.1) is 19.3 Å². The number of rotatable bonds is 4. The van der Waals surface area contributed by atoms with Gasteiger partial charge in [-0.25, -0.2) is 0 Å². The van der Waals surface area contributed by atoms with Crippen LogP contribution in [-0.2, 0) is 5.54 Å². The summed E-state index contributed by atoms with van der Waals surface area (Å²) in [6.45, 7) is 1.97. The molecule has 0 saturated heterocycles. The largest absolute Gasteiger partial charge is 0.397 e. The molecule has 3 aromatic rings. The molecule has 1 fully saturated rings. The van der Waals surface area contributed by atoms with E-state index in [-0.39, 0.29) is 11.4 Å². The first-order chi connectivity index (χ1) is 13.5. The number of anilines is 1. The molecule has 0 atom stereocenters. The first-order valence-corrected chi connectivity index (χ1v) is 9.23. The fraction of sp³-hybridized carbons (Fsp3) is 0.167. The fourth-order valence-corrected chi connectivity index (χ4v) is 3.40. The topological polar surface area (TPSA) is 68.0 Å². The Hall–Kier alpha value is -3.58. The summed E-state index contributed by atoms with van der Waals surface area (Å²) in [4.78, 5) is 17.1. The van der Waals surface area contributed by atoms with Gasteiger partial charge in [-0.15, -0.1) is 6.42 Å². The second-order valence-electron chi connectivity index (χ2n) is 7.29. The average Bonchev–Trinajstić information content (AvgIpc) is 3.49. The van der Waals surface area contributed by atoms with Crippen LogP contribution in [0.15, 0.2) is 60.8 Å². The maximum atomic E-state index is 12.6. The average molecular weight is 367 g/mol. The third kappa shape index (κ3) is 3.35. The number of nitrogens with one attached hydrogen (secondary N) is 1. The standard InChI is InChI=1S/C24H21N3O/c1-3-17-4-6-19(7-5-17)23(28)27-24(12-13-24)20-10-8-18(9-11-20)22-21(25)14-16(2)15-26-22/h1,4-11,14-15H,12-13,25H2,2H3,(H,27,28). The number of aryl methyl sites for hydroxylation is 1. The lowest BCUT2D eigenvalue weighted by Crippen LogP contribution is -2.34. The van der Waals surface area contributed by atoms with Gasteiger partial charge in [0.2, 0.25) is 0 Å². The number of amides is 1. The van der Waals surface area contributed by atoms with Gasteiger partial charge in [0.1, 0.15) is 0 Å². The van der Waals surface area contributed by atoms with Gasteiger partial charge in [0.05, 0.1) is 16.9 Å². The Labute approximate surface area is 164 Å². The number of pyridine rings is 1. The number of benzene rings is 2. The van der Waals surface area contributed by atoms with Crippen molar-refractivity contribution in [2.45, 2.75) is 25.3 Å². The number of nitrogen functional groups attached to an aromatic ring is 1. The SMILES string of the molecule is C#Cc1ccc(C(=O)NC2(c3ccc(-c4ncc(C)cc4N)cc3)CC2)cc1. The minimum Gasteiger partial charge on any atom is -0.397 e. The molecule has 1 amide bonds. The summed E-state index contributed by atoms with van der Waals surface area (Å²) in [5.41, 5.74) is 11.7. The zero-order valence-corrected chi connectivity index (χ0v) is 15.7. The molecule has 1 aliphatic carbocycles. The van der Waals surface area contributed by atoms with Gasteiger partial charge in [-0.2, -0.15) is 0 Å². The van der Waals surface area contributed by atoms with Crippen molar-refractivity contribution < 1.29 is 4.79 Å². The Morgan fingerprint density at radius 3 is 2.39 bits per heavy atom. The number of nitrogens with two attached hydrogens (primary N) is 1. The van der Waals surface area contributed by atoms with Gasteiger partial charge in [-0.3, -0.25) is 9.78 Å². The molecule has 4 nitrogen and oxygen atoms in total. The van der Waals surface area contributed by atoms with Crippen molar-refractivity contribution in [3.63, 3.8) is 0 Å². The number of carbonyl (C=O) groups is 1. The molecule has 4 rings (SSSR count). The van der Waals surface area contributed by atoms with Crippen molar-refractivity contribution in [3.05, 3.63) is 83.0 Å². The first-order valence-electron chi connectivity index (χ1n) is 9.23. The van der Waals surface area contributed by atoms with E-state index >= 15 is 0 Å². The van der Waals surface area contributed by atoms with E-state index in [0.29, 0.717) is 11.3 Å². The van der Waals surface area contributed by atoms with Gasteiger partial charge in [0.25, 0.3) is 5.91 Å². The van der Waals surface area contributed by atoms with E-state index in [1.165, 1.54) is 0 Å². The summed E-state index contributed by atoms with van der Waals surface area (Å²) in [5, 5.41) is 3.18. The molecule has 1 saturated carbocycles. The van der Waals surface area contributed by atoms with Crippen LogP contribution in [0.3, 0.4) is 0 Å². The van der Waals surface area contributed by atoms with E-state index in [1.807, 2.05) is 43.5 Å². The maximum absolute atomic E-state index is 12.6. The minimum atomic E-state index is -0.299. The lowest BCUT2D eigenvalue weighted by atomic mass is 10.00. The zero-order valence-electron chi connectivity index (χ0n) is 15.7. The van der Waals surface area contributed by atoms with Gasteiger partial charge in [-0.05, 0) is 61.2 Å². The van der Waals surface area contributed by atoms with Crippen LogP contribution >= 0.6 is 0 Å². The number of nitrogens with zero attached hydrogens (tertiary/aromatic N) is 1. The monoisotopic (exact) mass is 367 g/mol. The van der Waals surface area contributed by atoms with Gasteiger partial charge in [0.15, 0.2) is 0 Å². The van der Waals surface area contributed by atoms with Crippen LogP contribution in [-0.4, -0.2) is 10.9 Å². The molecule has 3 N–H and O–H groups in total. The van der Waals surface area contributed by atoms with Crippen LogP contribution < -0.4 is 11.1 Å². The van der Waals surface area contributed by atoms with Crippen LogP contribution in [0.5, 0.6) is 0 Å². The highest BCUT2D eigenvalue weighted by atomic mass is 16.1. The highest BCUT2D eigenvalue weighted by Crippen LogP contribution is 2.46. The van der Waals surface area contributed by atoms with Crippen molar-refractivity contribution in [2.24, 2.45) is 0 Å². The lowest BCUT2D eigenvalue weighted by Gasteiger charge is -2.19. The molecule has 1 aromatic heterocycles. The number of hydrogen-bond donors (Lipinski definition) is 2. The third-order valence-corrected chi connectivity index (χ3v) is 5.18. The molecular formula is C24H21N3O. The zero-order chi connectivity index (χ0) is 19.7. The highest BCUT2D eigenvalue weighted by Gasteiger charge is 2.45. The van der Waals surface area contributed by atoms with Crippen molar-refractivity contribution >= 4 is 11.6 Å². The summed E-state index contributed by atoms with van der Waals surface area (Å²) >= 11 is 0. The van der Waals surface area contributed by atoms with E-state index in [1.54, 1.807) is 24.3 Å². The van der Waals surface area contributed by atoms with Crippen molar-refractivity contribution in [1.29, 1.82) is 0 Å². The van der Waals surface area contributed by atoms with E-state index in [9.17, 15) is 4.79 Å². The number of terminal acetylenes is 1. The number of hydrogen-bond acceptors (Lipinski definition) is 3. The molecular weight excluding hydrogens is 346 g/mol. The Morgan fingerprint density at radius 1 is 1.14 bits per heavy atom. The van der Waals surface area contributed by atoms with Gasteiger partial charge in [-0.1, -0.05) is 30.2 Å². The maximum Gasteiger partial charge on any atom is 0.251 e. The van der Waals surface area contributed by atoms with Gasteiger partial charge < -0.3 is 11.1 Å². The Bertz CT molecular complexity index is 1070. The lowest BCUT2D eigenvalue weighted by molar-refractivity contribution is 0.0931. The minimum absolute atomic E-state index is 0.0883. The fourth-order valence-electron chi connectivity index (χ4n) is 3.40. The second kappa shape index (κ2) is 6.86. The molecule has 2 aromatic carbocycles. The summed E-state index contributed by atoms with van der Waals surface area (Å²) < 4.78 is 0. The predicted molar refractivity (Wildman–Crippen MR) is 112 cm³/mol. The molecule has 138 valence electrons. The van der Waals surface area contributed by atoms with E-state index in [4.69, 9.17) is 12.2 Å². The molecule has 0 bridgehead atoms. The van der Waals surface area contributed by atoms with E-state index < -0.39 is 0 Å². The molecule has 0 unspecified atom stereocenters. The molecule has 0 aliphatic heterocycles. The number of aromatic nitrogens is 1. The molecule has 1 aliphatic rings. The summed E-state index contributed by atoms with van der Waals surface area (Å²) in [7, 11) is 0. The van der Waals surface area contributed by atoms with Crippen LogP contribution in [0.1, 0.15) is 39.9 Å². The summed E-state index contributed by atoms with van der Waals surface area (Å²) in [5.74, 6) is 2.47. The van der Waals surface area contributed by atoms with Gasteiger partial charge >= 0.3 is 0 Å². The number of carbonyl (C=O) groups excluding carboxylic acids is 1. The second-order valence-corrected chi connectivity index (χ2v) is 7.29. The smallest absolute Gasteiger partial charge is 0.251 e. The molecule has 0 radical (unpaired) electrons. The Morgan fingerprint density at radius 2 is 1.82 bits per heavy atom. The van der Waals surface area contributed by atoms with Crippen LogP contribution in [0.2, 0.25) is 0 Å². The third-order valence-electron chi connectivity index (χ3n) is 5.18.